The lowest BCUT2D eigenvalue weighted by Crippen LogP contribution is -2.46. The van der Waals surface area contributed by atoms with E-state index in [0.717, 1.165) is 0 Å². The maximum atomic E-state index is 12.9. The third-order valence-corrected chi connectivity index (χ3v) is 5.66. The molecule has 0 aliphatic heterocycles. The molecule has 0 fully saturated rings. The molecule has 1 aromatic heterocycles. The normalized spacial score (nSPS) is 11.6. The van der Waals surface area contributed by atoms with Crippen LogP contribution in [0.2, 0.25) is 0 Å². The molecule has 0 aliphatic carbocycles. The van der Waals surface area contributed by atoms with Crippen LogP contribution in [0.4, 0.5) is 5.69 Å². The fourth-order valence-electron chi connectivity index (χ4n) is 3.31. The van der Waals surface area contributed by atoms with E-state index < -0.39 is 23.4 Å². The number of phenols is 1. The van der Waals surface area contributed by atoms with Gasteiger partial charge >= 0.3 is 0 Å². The number of nitrogens with one attached hydrogen (secondary N) is 2. The molecule has 2 amide bonds. The predicted molar refractivity (Wildman–Crippen MR) is 131 cm³/mol. The number of fused-ring (bicyclic) bond motifs is 1. The number of hydrogen-bond donors (Lipinski definition) is 3. The zero-order chi connectivity index (χ0) is 24.7. The summed E-state index contributed by atoms with van der Waals surface area (Å²) in [5.41, 5.74) is 0.390. The first-order chi connectivity index (χ1) is 16.4. The molecule has 0 bridgehead atoms. The quantitative estimate of drug-likeness (QED) is 0.397. The number of carbonyl (C=O) groups excluding carboxylic acids is 2. The lowest BCUT2D eigenvalue weighted by molar-refractivity contribution is -0.127. The van der Waals surface area contributed by atoms with E-state index in [0.29, 0.717) is 34.9 Å². The van der Waals surface area contributed by atoms with Crippen molar-refractivity contribution in [2.45, 2.75) is 19.0 Å². The van der Waals surface area contributed by atoms with Crippen LogP contribution < -0.4 is 25.7 Å². The molecule has 3 aromatic rings. The van der Waals surface area contributed by atoms with Crippen molar-refractivity contribution in [2.75, 3.05) is 31.5 Å². The lowest BCUT2D eigenvalue weighted by Gasteiger charge is -2.19. The summed E-state index contributed by atoms with van der Waals surface area (Å²) in [6, 6.07) is 8.42. The number of methoxy groups -OCH3 is 2. The number of ether oxygens (including phenoxy) is 2. The highest BCUT2D eigenvalue weighted by molar-refractivity contribution is 7.98. The molecule has 0 radical (unpaired) electrons. The van der Waals surface area contributed by atoms with Crippen molar-refractivity contribution >= 4 is 40.2 Å². The third kappa shape index (κ3) is 5.98. The van der Waals surface area contributed by atoms with Gasteiger partial charge < -0.3 is 25.2 Å². The summed E-state index contributed by atoms with van der Waals surface area (Å²) in [6.45, 7) is -0.314. The van der Waals surface area contributed by atoms with Crippen LogP contribution in [0.15, 0.2) is 47.5 Å². The molecule has 2 aromatic carbocycles. The Morgan fingerprint density at radius 3 is 2.59 bits per heavy atom. The summed E-state index contributed by atoms with van der Waals surface area (Å²) in [7, 11) is 2.95. The minimum absolute atomic E-state index is 0.0138. The van der Waals surface area contributed by atoms with Gasteiger partial charge in [0, 0.05) is 17.8 Å². The number of phenolic OH excluding ortho intramolecular Hbond substituents is 1. The number of carbonyl (C=O) groups is 2. The van der Waals surface area contributed by atoms with Crippen molar-refractivity contribution in [3.63, 3.8) is 0 Å². The van der Waals surface area contributed by atoms with Gasteiger partial charge in [-0.1, -0.05) is 6.07 Å². The minimum Gasteiger partial charge on any atom is -0.508 e. The second-order valence-electron chi connectivity index (χ2n) is 7.34. The number of hydrogen-bond acceptors (Lipinski definition) is 8. The number of nitrogens with zero attached hydrogens (tertiary/aromatic N) is 2. The van der Waals surface area contributed by atoms with Crippen molar-refractivity contribution in [3.05, 3.63) is 53.1 Å². The molecule has 0 saturated carbocycles. The first-order valence-electron chi connectivity index (χ1n) is 10.4. The average Bonchev–Trinajstić information content (AvgIpc) is 2.82. The van der Waals surface area contributed by atoms with Crippen LogP contribution in [0.5, 0.6) is 17.2 Å². The number of rotatable bonds is 10. The van der Waals surface area contributed by atoms with E-state index in [2.05, 4.69) is 15.6 Å². The fourth-order valence-corrected chi connectivity index (χ4v) is 3.78. The zero-order valence-corrected chi connectivity index (χ0v) is 19.8. The average molecular weight is 487 g/mol. The van der Waals surface area contributed by atoms with Crippen molar-refractivity contribution in [3.8, 4) is 17.2 Å². The first kappa shape index (κ1) is 24.9. The number of aromatic nitrogens is 2. The summed E-state index contributed by atoms with van der Waals surface area (Å²) in [4.78, 5) is 42.7. The number of benzene rings is 2. The van der Waals surface area contributed by atoms with Gasteiger partial charge in [-0.05, 0) is 36.6 Å². The van der Waals surface area contributed by atoms with Crippen molar-refractivity contribution in [1.82, 2.24) is 14.9 Å². The van der Waals surface area contributed by atoms with Gasteiger partial charge in [0.1, 0.15) is 18.3 Å². The Hall–Kier alpha value is -3.73. The minimum atomic E-state index is -0.823. The van der Waals surface area contributed by atoms with E-state index in [4.69, 9.17) is 9.47 Å². The van der Waals surface area contributed by atoms with Gasteiger partial charge in [-0.2, -0.15) is 11.8 Å². The number of thioether (sulfide) groups is 1. The highest BCUT2D eigenvalue weighted by Gasteiger charge is 2.21. The molecule has 10 nitrogen and oxygen atoms in total. The monoisotopic (exact) mass is 486 g/mol. The van der Waals surface area contributed by atoms with Crippen molar-refractivity contribution in [2.24, 2.45) is 0 Å². The lowest BCUT2D eigenvalue weighted by atomic mass is 10.2. The molecule has 180 valence electrons. The number of amides is 2. The Morgan fingerprint density at radius 2 is 1.91 bits per heavy atom. The summed E-state index contributed by atoms with van der Waals surface area (Å²) >= 11 is 1.54. The van der Waals surface area contributed by atoms with Crippen molar-refractivity contribution < 1.29 is 24.2 Å². The van der Waals surface area contributed by atoms with Crippen LogP contribution in [-0.2, 0) is 16.1 Å². The number of aromatic hydroxyl groups is 1. The van der Waals surface area contributed by atoms with E-state index in [9.17, 15) is 19.5 Å². The van der Waals surface area contributed by atoms with Gasteiger partial charge in [0.25, 0.3) is 5.56 Å². The Morgan fingerprint density at radius 1 is 1.18 bits per heavy atom. The van der Waals surface area contributed by atoms with Gasteiger partial charge in [-0.3, -0.25) is 19.0 Å². The van der Waals surface area contributed by atoms with E-state index in [-0.39, 0.29) is 17.7 Å². The Bertz CT molecular complexity index is 1250. The highest BCUT2D eigenvalue weighted by Crippen LogP contribution is 2.29. The SMILES string of the molecule is COc1cc2ncn(CC(=O)N[C@@H](CCSC)C(=O)Nc3cccc(O)c3)c(=O)c2cc1OC. The van der Waals surface area contributed by atoms with Crippen LogP contribution in [0.25, 0.3) is 10.9 Å². The van der Waals surface area contributed by atoms with Gasteiger partial charge in [0.05, 0.1) is 31.4 Å². The second kappa shape index (κ2) is 11.4. The standard InChI is InChI=1S/C23H26N4O6S/c1-32-19-10-16-18(11-20(19)33-2)24-13-27(23(16)31)12-21(29)26-17(7-8-34-3)22(30)25-14-5-4-6-15(28)9-14/h4-6,9-11,13,17,28H,7-8,12H2,1-3H3,(H,25,30)(H,26,29)/t17-/m0/s1. The topological polar surface area (TPSA) is 132 Å². The largest absolute Gasteiger partial charge is 0.508 e. The highest BCUT2D eigenvalue weighted by atomic mass is 32.2. The Labute approximate surface area is 200 Å². The van der Waals surface area contributed by atoms with E-state index in [1.165, 1.54) is 55.1 Å². The maximum absolute atomic E-state index is 12.9. The molecule has 1 heterocycles. The van der Waals surface area contributed by atoms with Gasteiger partial charge in [0.15, 0.2) is 11.5 Å². The molecule has 0 unspecified atom stereocenters. The van der Waals surface area contributed by atoms with Crippen LogP contribution in [0.3, 0.4) is 0 Å². The predicted octanol–water partition coefficient (Wildman–Crippen LogP) is 2.00. The molecular formula is C23H26N4O6S. The first-order valence-corrected chi connectivity index (χ1v) is 11.7. The summed E-state index contributed by atoms with van der Waals surface area (Å²) in [5.74, 6) is 0.524. The third-order valence-electron chi connectivity index (χ3n) is 5.02. The molecule has 0 aliphatic rings. The molecule has 3 N–H and O–H groups in total. The molecule has 0 saturated heterocycles. The van der Waals surface area contributed by atoms with E-state index in [1.54, 1.807) is 18.2 Å². The maximum Gasteiger partial charge on any atom is 0.261 e. The van der Waals surface area contributed by atoms with Crippen LogP contribution in [0.1, 0.15) is 6.42 Å². The van der Waals surface area contributed by atoms with Gasteiger partial charge in [-0.25, -0.2) is 4.98 Å². The number of anilines is 1. The molecule has 34 heavy (non-hydrogen) atoms. The van der Waals surface area contributed by atoms with Crippen LogP contribution in [0, 0.1) is 0 Å². The summed E-state index contributed by atoms with van der Waals surface area (Å²) in [6.07, 6.45) is 3.56. The Balaban J connectivity index is 1.77. The molecule has 0 spiro atoms. The van der Waals surface area contributed by atoms with E-state index in [1.807, 2.05) is 6.26 Å². The zero-order valence-electron chi connectivity index (χ0n) is 19.0. The summed E-state index contributed by atoms with van der Waals surface area (Å²) < 4.78 is 11.7. The van der Waals surface area contributed by atoms with E-state index >= 15 is 0 Å². The molecule has 11 heteroatoms. The van der Waals surface area contributed by atoms with Gasteiger partial charge in [0.2, 0.25) is 11.8 Å². The van der Waals surface area contributed by atoms with Crippen molar-refractivity contribution in [1.29, 1.82) is 0 Å². The molecule has 3 rings (SSSR count). The van der Waals surface area contributed by atoms with Crippen LogP contribution >= 0.6 is 11.8 Å². The summed E-state index contributed by atoms with van der Waals surface area (Å²) in [5, 5.41) is 15.3. The smallest absolute Gasteiger partial charge is 0.261 e. The van der Waals surface area contributed by atoms with Crippen LogP contribution in [-0.4, -0.2) is 58.7 Å². The fraction of sp³-hybridized carbons (Fsp3) is 0.304. The van der Waals surface area contributed by atoms with Gasteiger partial charge in [-0.15, -0.1) is 0 Å². The molecule has 1 atom stereocenters. The second-order valence-corrected chi connectivity index (χ2v) is 8.33. The molecular weight excluding hydrogens is 460 g/mol. The Kier molecular flexibility index (Phi) is 8.36.